The van der Waals surface area contributed by atoms with E-state index in [-0.39, 0.29) is 5.91 Å². The summed E-state index contributed by atoms with van der Waals surface area (Å²) in [4.78, 5) is 16.6. The summed E-state index contributed by atoms with van der Waals surface area (Å²) in [6.07, 6.45) is 4.73. The third-order valence-electron chi connectivity index (χ3n) is 3.44. The maximum atomic E-state index is 12.0. The molecule has 0 radical (unpaired) electrons. The minimum Gasteiger partial charge on any atom is -0.352 e. The first-order valence-corrected chi connectivity index (χ1v) is 8.18. The molecule has 3 rings (SSSR count). The lowest BCUT2D eigenvalue weighted by Gasteiger charge is -2.04. The second-order valence-corrected chi connectivity index (χ2v) is 6.46. The molecule has 0 aliphatic rings. The Labute approximate surface area is 142 Å². The topological polar surface area (TPSA) is 46.4 Å². The monoisotopic (exact) mass is 405 g/mol. The molecule has 0 bridgehead atoms. The van der Waals surface area contributed by atoms with Crippen LogP contribution in [0.1, 0.15) is 21.6 Å². The maximum Gasteiger partial charge on any atom is 0.251 e. The third kappa shape index (κ3) is 3.47. The summed E-state index contributed by atoms with van der Waals surface area (Å²) in [7, 11) is 0. The van der Waals surface area contributed by atoms with Gasteiger partial charge in [0.05, 0.1) is 5.69 Å². The zero-order chi connectivity index (χ0) is 15.5. The smallest absolute Gasteiger partial charge is 0.251 e. The second-order valence-electron chi connectivity index (χ2n) is 5.21. The lowest BCUT2D eigenvalue weighted by molar-refractivity contribution is 0.0954. The number of hydrogen-bond acceptors (Lipinski definition) is 2. The summed E-state index contributed by atoms with van der Waals surface area (Å²) < 4.78 is 3.12. The molecule has 0 spiro atoms. The third-order valence-corrected chi connectivity index (χ3v) is 4.16. The van der Waals surface area contributed by atoms with Crippen LogP contribution in [-0.4, -0.2) is 21.8 Å². The van der Waals surface area contributed by atoms with Crippen LogP contribution in [0, 0.1) is 10.5 Å². The predicted molar refractivity (Wildman–Crippen MR) is 95.1 cm³/mol. The fourth-order valence-corrected chi connectivity index (χ4v) is 2.62. The average molecular weight is 405 g/mol. The van der Waals surface area contributed by atoms with Crippen LogP contribution >= 0.6 is 22.6 Å². The molecule has 0 saturated carbocycles. The van der Waals surface area contributed by atoms with E-state index in [2.05, 4.69) is 45.9 Å². The number of amides is 1. The number of aromatic nitrogens is 2. The van der Waals surface area contributed by atoms with Crippen molar-refractivity contribution in [2.45, 2.75) is 13.3 Å². The first-order chi connectivity index (χ1) is 10.6. The summed E-state index contributed by atoms with van der Waals surface area (Å²) in [6.45, 7) is 2.63. The Morgan fingerprint density at radius 2 is 2.05 bits per heavy atom. The number of rotatable bonds is 4. The van der Waals surface area contributed by atoms with Crippen molar-refractivity contribution in [1.29, 1.82) is 0 Å². The quantitative estimate of drug-likeness (QED) is 0.678. The van der Waals surface area contributed by atoms with Gasteiger partial charge in [0, 0.05) is 34.5 Å². The number of pyridine rings is 1. The van der Waals surface area contributed by atoms with Gasteiger partial charge in [-0.2, -0.15) is 0 Å². The lowest BCUT2D eigenvalue weighted by atomic mass is 10.2. The number of hydrogen-bond donors (Lipinski definition) is 1. The molecule has 1 aromatic carbocycles. The molecule has 1 amide bonds. The fraction of sp³-hybridized carbons (Fsp3) is 0.176. The van der Waals surface area contributed by atoms with E-state index in [0.29, 0.717) is 12.1 Å². The van der Waals surface area contributed by atoms with Crippen molar-refractivity contribution >= 4 is 34.1 Å². The predicted octanol–water partition coefficient (Wildman–Crippen LogP) is 3.22. The summed E-state index contributed by atoms with van der Waals surface area (Å²) in [5, 5.41) is 2.93. The Balaban J connectivity index is 1.59. The molecule has 4 nitrogen and oxygen atoms in total. The zero-order valence-corrected chi connectivity index (χ0v) is 14.4. The standard InChI is InChI=1S/C17H16IN3O/c1-12-7-9-21-11-15(20-16(21)10-12)6-8-19-17(22)13-2-4-14(18)5-3-13/h2-5,7,9-11H,6,8H2,1H3,(H,19,22). The van der Waals surface area contributed by atoms with Gasteiger partial charge in [-0.25, -0.2) is 4.98 Å². The Morgan fingerprint density at radius 1 is 1.27 bits per heavy atom. The van der Waals surface area contributed by atoms with Gasteiger partial charge in [-0.15, -0.1) is 0 Å². The maximum absolute atomic E-state index is 12.0. The summed E-state index contributed by atoms with van der Waals surface area (Å²) in [5.74, 6) is -0.0454. The van der Waals surface area contributed by atoms with Gasteiger partial charge in [0.1, 0.15) is 5.65 Å². The van der Waals surface area contributed by atoms with E-state index in [1.54, 1.807) is 0 Å². The van der Waals surface area contributed by atoms with E-state index in [1.165, 1.54) is 5.56 Å². The van der Waals surface area contributed by atoms with Crippen LogP contribution in [0.3, 0.4) is 0 Å². The SMILES string of the molecule is Cc1ccn2cc(CCNC(=O)c3ccc(I)cc3)nc2c1. The van der Waals surface area contributed by atoms with Gasteiger partial charge in [-0.05, 0) is 71.5 Å². The number of fused-ring (bicyclic) bond motifs is 1. The first-order valence-electron chi connectivity index (χ1n) is 7.10. The van der Waals surface area contributed by atoms with Gasteiger partial charge in [0.25, 0.3) is 5.91 Å². The molecule has 3 aromatic rings. The highest BCUT2D eigenvalue weighted by Crippen LogP contribution is 2.09. The molecule has 112 valence electrons. The largest absolute Gasteiger partial charge is 0.352 e. The molecule has 0 aliphatic heterocycles. The van der Waals surface area contributed by atoms with Gasteiger partial charge in [-0.3, -0.25) is 4.79 Å². The Kier molecular flexibility index (Phi) is 4.42. The van der Waals surface area contributed by atoms with Crippen LogP contribution < -0.4 is 5.32 Å². The van der Waals surface area contributed by atoms with Gasteiger partial charge in [-0.1, -0.05) is 0 Å². The van der Waals surface area contributed by atoms with Crippen LogP contribution in [0.5, 0.6) is 0 Å². The first kappa shape index (κ1) is 15.0. The summed E-state index contributed by atoms with van der Waals surface area (Å²) in [6, 6.07) is 11.6. The molecule has 22 heavy (non-hydrogen) atoms. The molecule has 1 N–H and O–H groups in total. The van der Waals surface area contributed by atoms with E-state index in [0.717, 1.165) is 21.3 Å². The highest BCUT2D eigenvalue weighted by Gasteiger charge is 2.06. The van der Waals surface area contributed by atoms with Crippen LogP contribution in [0.4, 0.5) is 0 Å². The molecule has 0 atom stereocenters. The summed E-state index contributed by atoms with van der Waals surface area (Å²) >= 11 is 2.22. The van der Waals surface area contributed by atoms with Crippen molar-refractivity contribution in [2.24, 2.45) is 0 Å². The number of halogens is 1. The van der Waals surface area contributed by atoms with E-state index in [1.807, 2.05) is 47.1 Å². The van der Waals surface area contributed by atoms with Crippen molar-refractivity contribution in [2.75, 3.05) is 6.54 Å². The van der Waals surface area contributed by atoms with E-state index >= 15 is 0 Å². The summed E-state index contributed by atoms with van der Waals surface area (Å²) in [5.41, 5.74) is 3.80. The lowest BCUT2D eigenvalue weighted by Crippen LogP contribution is -2.25. The van der Waals surface area contributed by atoms with Crippen molar-refractivity contribution < 1.29 is 4.79 Å². The number of nitrogens with one attached hydrogen (secondary N) is 1. The van der Waals surface area contributed by atoms with Crippen LogP contribution in [0.25, 0.3) is 5.65 Å². The molecule has 0 aliphatic carbocycles. The molecular weight excluding hydrogens is 389 g/mol. The Morgan fingerprint density at radius 3 is 2.82 bits per heavy atom. The highest BCUT2D eigenvalue weighted by atomic mass is 127. The fourth-order valence-electron chi connectivity index (χ4n) is 2.26. The van der Waals surface area contributed by atoms with Crippen LogP contribution in [0.15, 0.2) is 48.8 Å². The molecule has 5 heteroatoms. The molecule has 0 saturated heterocycles. The molecule has 2 aromatic heterocycles. The molecule has 2 heterocycles. The molecule has 0 fully saturated rings. The highest BCUT2D eigenvalue weighted by molar-refractivity contribution is 14.1. The van der Waals surface area contributed by atoms with Crippen LogP contribution in [-0.2, 0) is 6.42 Å². The Bertz CT molecular complexity index is 808. The Hall–Kier alpha value is -1.89. The number of benzene rings is 1. The number of nitrogens with zero attached hydrogens (tertiary/aromatic N) is 2. The number of imidazole rings is 1. The van der Waals surface area contributed by atoms with Crippen molar-refractivity contribution in [3.05, 3.63) is 69.2 Å². The van der Waals surface area contributed by atoms with E-state index in [4.69, 9.17) is 0 Å². The number of aryl methyl sites for hydroxylation is 1. The zero-order valence-electron chi connectivity index (χ0n) is 12.2. The minimum atomic E-state index is -0.0454. The van der Waals surface area contributed by atoms with Crippen molar-refractivity contribution in [3.8, 4) is 0 Å². The van der Waals surface area contributed by atoms with Gasteiger partial charge < -0.3 is 9.72 Å². The minimum absolute atomic E-state index is 0.0454. The number of carbonyl (C=O) groups is 1. The molecule has 0 unspecified atom stereocenters. The van der Waals surface area contributed by atoms with E-state index in [9.17, 15) is 4.79 Å². The molecular formula is C17H16IN3O. The van der Waals surface area contributed by atoms with Gasteiger partial charge in [0.15, 0.2) is 0 Å². The van der Waals surface area contributed by atoms with Gasteiger partial charge >= 0.3 is 0 Å². The van der Waals surface area contributed by atoms with E-state index < -0.39 is 0 Å². The van der Waals surface area contributed by atoms with Crippen molar-refractivity contribution in [3.63, 3.8) is 0 Å². The van der Waals surface area contributed by atoms with Crippen LogP contribution in [0.2, 0.25) is 0 Å². The van der Waals surface area contributed by atoms with Gasteiger partial charge in [0.2, 0.25) is 0 Å². The normalized spacial score (nSPS) is 10.8. The second kappa shape index (κ2) is 6.48. The average Bonchev–Trinajstić information content (AvgIpc) is 2.89. The van der Waals surface area contributed by atoms with Crippen molar-refractivity contribution in [1.82, 2.24) is 14.7 Å². The number of carbonyl (C=O) groups excluding carboxylic acids is 1.